The number of benzene rings is 1. The van der Waals surface area contributed by atoms with Gasteiger partial charge in [-0.1, -0.05) is 30.3 Å². The van der Waals surface area contributed by atoms with Crippen LogP contribution in [0, 0.1) is 5.92 Å². The second kappa shape index (κ2) is 8.28. The summed E-state index contributed by atoms with van der Waals surface area (Å²) in [5.74, 6) is -0.925. The van der Waals surface area contributed by atoms with E-state index < -0.39 is 11.8 Å². The number of likely N-dealkylation sites (tertiary alicyclic amines) is 1. The topological polar surface area (TPSA) is 85.0 Å². The lowest BCUT2D eigenvalue weighted by Crippen LogP contribution is -2.55. The van der Waals surface area contributed by atoms with E-state index in [1.807, 2.05) is 35.2 Å². The molecule has 3 amide bonds. The number of piperazine rings is 1. The Bertz CT molecular complexity index is 727. The van der Waals surface area contributed by atoms with Gasteiger partial charge in [0.05, 0.1) is 12.0 Å². The number of amides is 3. The standard InChI is InChI=1S/C20H27N5O3/c26-18(16-14-21-22-17(16)15-6-2-1-3-7-15)24-10-12-25(13-11-24)20(28)19(27)23-8-4-5-9-23/h1-3,6-7,16-17,21-22H,4-5,8-14H2. The first-order valence-corrected chi connectivity index (χ1v) is 10.1. The predicted molar refractivity (Wildman–Crippen MR) is 103 cm³/mol. The van der Waals surface area contributed by atoms with Crippen LogP contribution in [0.2, 0.25) is 0 Å². The van der Waals surface area contributed by atoms with Gasteiger partial charge in [0.1, 0.15) is 0 Å². The number of nitrogens with one attached hydrogen (secondary N) is 2. The molecule has 3 heterocycles. The fourth-order valence-corrected chi connectivity index (χ4v) is 4.26. The molecule has 0 radical (unpaired) electrons. The van der Waals surface area contributed by atoms with Crippen molar-refractivity contribution in [3.05, 3.63) is 35.9 Å². The fraction of sp³-hybridized carbons (Fsp3) is 0.550. The molecule has 0 spiro atoms. The van der Waals surface area contributed by atoms with E-state index >= 15 is 0 Å². The summed E-state index contributed by atoms with van der Waals surface area (Å²) in [6.45, 7) is 3.68. The molecule has 0 aromatic heterocycles. The van der Waals surface area contributed by atoms with Crippen molar-refractivity contribution >= 4 is 17.7 Å². The number of hydrazine groups is 1. The highest BCUT2D eigenvalue weighted by atomic mass is 16.2. The van der Waals surface area contributed by atoms with Crippen molar-refractivity contribution in [2.24, 2.45) is 5.92 Å². The van der Waals surface area contributed by atoms with Gasteiger partial charge < -0.3 is 14.7 Å². The molecule has 3 aliphatic rings. The van der Waals surface area contributed by atoms with E-state index in [2.05, 4.69) is 10.9 Å². The molecule has 1 aromatic carbocycles. The van der Waals surface area contributed by atoms with Gasteiger partial charge in [-0.3, -0.25) is 19.8 Å². The molecule has 2 unspecified atom stereocenters. The van der Waals surface area contributed by atoms with Crippen LogP contribution in [0.15, 0.2) is 30.3 Å². The van der Waals surface area contributed by atoms with Gasteiger partial charge in [-0.15, -0.1) is 0 Å². The molecule has 8 nitrogen and oxygen atoms in total. The van der Waals surface area contributed by atoms with Crippen molar-refractivity contribution in [2.45, 2.75) is 18.9 Å². The Hall–Kier alpha value is -2.45. The van der Waals surface area contributed by atoms with Crippen molar-refractivity contribution < 1.29 is 14.4 Å². The van der Waals surface area contributed by atoms with E-state index in [4.69, 9.17) is 0 Å². The summed E-state index contributed by atoms with van der Waals surface area (Å²) in [5.41, 5.74) is 7.39. The number of rotatable bonds is 2. The maximum absolute atomic E-state index is 13.1. The van der Waals surface area contributed by atoms with Gasteiger partial charge in [0.15, 0.2) is 0 Å². The van der Waals surface area contributed by atoms with Crippen LogP contribution in [-0.4, -0.2) is 78.2 Å². The lowest BCUT2D eigenvalue weighted by atomic mass is 9.93. The highest BCUT2D eigenvalue weighted by Gasteiger charge is 2.38. The normalized spacial score (nSPS) is 25.2. The van der Waals surface area contributed by atoms with Crippen molar-refractivity contribution in [3.63, 3.8) is 0 Å². The maximum atomic E-state index is 13.1. The molecule has 0 saturated carbocycles. The van der Waals surface area contributed by atoms with Gasteiger partial charge in [0, 0.05) is 45.8 Å². The second-order valence-electron chi connectivity index (χ2n) is 7.64. The summed E-state index contributed by atoms with van der Waals surface area (Å²) in [5, 5.41) is 0. The third-order valence-electron chi connectivity index (χ3n) is 5.91. The average molecular weight is 385 g/mol. The molecule has 3 fully saturated rings. The minimum Gasteiger partial charge on any atom is -0.339 e. The Kier molecular flexibility index (Phi) is 5.59. The third-order valence-corrected chi connectivity index (χ3v) is 5.91. The molecule has 3 aliphatic heterocycles. The summed E-state index contributed by atoms with van der Waals surface area (Å²) in [6.07, 6.45) is 1.93. The summed E-state index contributed by atoms with van der Waals surface area (Å²) >= 11 is 0. The number of hydrogen-bond acceptors (Lipinski definition) is 5. The first-order chi connectivity index (χ1) is 13.6. The van der Waals surface area contributed by atoms with E-state index in [0.29, 0.717) is 45.8 Å². The van der Waals surface area contributed by atoms with Crippen LogP contribution in [-0.2, 0) is 14.4 Å². The van der Waals surface area contributed by atoms with E-state index in [0.717, 1.165) is 18.4 Å². The zero-order chi connectivity index (χ0) is 19.5. The Morgan fingerprint density at radius 1 is 0.786 bits per heavy atom. The Balaban J connectivity index is 1.33. The number of nitrogens with zero attached hydrogens (tertiary/aromatic N) is 3. The molecule has 2 atom stereocenters. The van der Waals surface area contributed by atoms with E-state index in [1.165, 1.54) is 0 Å². The van der Waals surface area contributed by atoms with Crippen molar-refractivity contribution in [1.82, 2.24) is 25.6 Å². The summed E-state index contributed by atoms with van der Waals surface area (Å²) in [4.78, 5) is 42.9. The third kappa shape index (κ3) is 3.74. The molecule has 1 aromatic rings. The molecule has 4 rings (SSSR count). The first kappa shape index (κ1) is 18.9. The first-order valence-electron chi connectivity index (χ1n) is 10.1. The Labute approximate surface area is 164 Å². The van der Waals surface area contributed by atoms with Gasteiger partial charge in [-0.05, 0) is 18.4 Å². The molecule has 0 aliphatic carbocycles. The molecule has 150 valence electrons. The predicted octanol–water partition coefficient (Wildman–Crippen LogP) is -0.255. The highest BCUT2D eigenvalue weighted by Crippen LogP contribution is 2.26. The zero-order valence-electron chi connectivity index (χ0n) is 16.0. The minimum atomic E-state index is -0.430. The average Bonchev–Trinajstić information content (AvgIpc) is 3.45. The van der Waals surface area contributed by atoms with E-state index in [1.54, 1.807) is 9.80 Å². The van der Waals surface area contributed by atoms with Gasteiger partial charge in [0.2, 0.25) is 5.91 Å². The quantitative estimate of drug-likeness (QED) is 0.686. The molecule has 8 heteroatoms. The molecule has 3 saturated heterocycles. The lowest BCUT2D eigenvalue weighted by molar-refractivity contribution is -0.153. The number of hydrogen-bond donors (Lipinski definition) is 2. The van der Waals surface area contributed by atoms with E-state index in [-0.39, 0.29) is 17.9 Å². The number of carbonyl (C=O) groups excluding carboxylic acids is 3. The van der Waals surface area contributed by atoms with Crippen LogP contribution in [0.5, 0.6) is 0 Å². The van der Waals surface area contributed by atoms with Crippen molar-refractivity contribution in [1.29, 1.82) is 0 Å². The lowest BCUT2D eigenvalue weighted by Gasteiger charge is -2.36. The monoisotopic (exact) mass is 385 g/mol. The highest BCUT2D eigenvalue weighted by molar-refractivity contribution is 6.35. The van der Waals surface area contributed by atoms with Crippen LogP contribution < -0.4 is 10.9 Å². The van der Waals surface area contributed by atoms with Crippen LogP contribution in [0.1, 0.15) is 24.4 Å². The van der Waals surface area contributed by atoms with Crippen LogP contribution in [0.25, 0.3) is 0 Å². The molecular formula is C20H27N5O3. The van der Waals surface area contributed by atoms with Gasteiger partial charge in [0.25, 0.3) is 0 Å². The van der Waals surface area contributed by atoms with Gasteiger partial charge >= 0.3 is 11.8 Å². The van der Waals surface area contributed by atoms with Crippen LogP contribution >= 0.6 is 0 Å². The number of carbonyl (C=O) groups is 3. The summed E-state index contributed by atoms with van der Waals surface area (Å²) < 4.78 is 0. The molecular weight excluding hydrogens is 358 g/mol. The van der Waals surface area contributed by atoms with E-state index in [9.17, 15) is 14.4 Å². The second-order valence-corrected chi connectivity index (χ2v) is 7.64. The van der Waals surface area contributed by atoms with Crippen molar-refractivity contribution in [3.8, 4) is 0 Å². The van der Waals surface area contributed by atoms with Crippen LogP contribution in [0.3, 0.4) is 0 Å². The van der Waals surface area contributed by atoms with Gasteiger partial charge in [-0.2, -0.15) is 0 Å². The zero-order valence-corrected chi connectivity index (χ0v) is 16.0. The van der Waals surface area contributed by atoms with Gasteiger partial charge in [-0.25, -0.2) is 5.43 Å². The molecule has 28 heavy (non-hydrogen) atoms. The summed E-state index contributed by atoms with van der Waals surface area (Å²) in [6, 6.07) is 9.88. The Morgan fingerprint density at radius 2 is 1.36 bits per heavy atom. The SMILES string of the molecule is O=C(C(=O)N1CCN(C(=O)C2CNNC2c2ccccc2)CC1)N1CCCC1. The smallest absolute Gasteiger partial charge is 0.312 e. The van der Waals surface area contributed by atoms with Crippen molar-refractivity contribution in [2.75, 3.05) is 45.8 Å². The Morgan fingerprint density at radius 3 is 2.00 bits per heavy atom. The maximum Gasteiger partial charge on any atom is 0.312 e. The molecule has 0 bridgehead atoms. The van der Waals surface area contributed by atoms with Crippen LogP contribution in [0.4, 0.5) is 0 Å². The fourth-order valence-electron chi connectivity index (χ4n) is 4.26. The minimum absolute atomic E-state index is 0.0647. The summed E-state index contributed by atoms with van der Waals surface area (Å²) in [7, 11) is 0. The largest absolute Gasteiger partial charge is 0.339 e. The molecule has 2 N–H and O–H groups in total.